The van der Waals surface area contributed by atoms with E-state index in [1.54, 1.807) is 11.3 Å². The highest BCUT2D eigenvalue weighted by Gasteiger charge is 2.13. The average molecular weight is 327 g/mol. The summed E-state index contributed by atoms with van der Waals surface area (Å²) in [6.45, 7) is 1.50. The van der Waals surface area contributed by atoms with Gasteiger partial charge in [-0.1, -0.05) is 6.07 Å². The Morgan fingerprint density at radius 3 is 2.89 bits per heavy atom. The highest BCUT2D eigenvalue weighted by molar-refractivity contribution is 9.10. The molecule has 18 heavy (non-hydrogen) atoms. The fourth-order valence-electron chi connectivity index (χ4n) is 1.72. The quantitative estimate of drug-likeness (QED) is 0.851. The number of ether oxygens (including phenoxy) is 3. The van der Waals surface area contributed by atoms with Crippen LogP contribution in [0.3, 0.4) is 0 Å². The fourth-order valence-corrected chi connectivity index (χ4v) is 3.12. The van der Waals surface area contributed by atoms with Gasteiger partial charge in [0.25, 0.3) is 0 Å². The van der Waals surface area contributed by atoms with Gasteiger partial charge in [-0.25, -0.2) is 0 Å². The van der Waals surface area contributed by atoms with Crippen LogP contribution < -0.4 is 9.47 Å². The Labute approximate surface area is 117 Å². The summed E-state index contributed by atoms with van der Waals surface area (Å²) >= 11 is 5.18. The van der Waals surface area contributed by atoms with Crippen molar-refractivity contribution < 1.29 is 14.2 Å². The van der Waals surface area contributed by atoms with Crippen molar-refractivity contribution in [2.24, 2.45) is 0 Å². The van der Waals surface area contributed by atoms with Crippen molar-refractivity contribution >= 4 is 27.3 Å². The molecule has 2 heterocycles. The van der Waals surface area contributed by atoms with E-state index in [0.717, 1.165) is 21.5 Å². The van der Waals surface area contributed by atoms with Crippen LogP contribution in [0.5, 0.6) is 11.5 Å². The van der Waals surface area contributed by atoms with E-state index in [1.807, 2.05) is 29.6 Å². The minimum absolute atomic E-state index is 0.307. The van der Waals surface area contributed by atoms with Crippen LogP contribution in [-0.4, -0.2) is 6.79 Å². The third kappa shape index (κ3) is 2.53. The molecule has 0 N–H and O–H groups in total. The van der Waals surface area contributed by atoms with Crippen LogP contribution in [0, 0.1) is 0 Å². The van der Waals surface area contributed by atoms with Crippen molar-refractivity contribution in [3.63, 3.8) is 0 Å². The minimum atomic E-state index is 0.307. The number of hydrogen-bond acceptors (Lipinski definition) is 4. The monoisotopic (exact) mass is 326 g/mol. The van der Waals surface area contributed by atoms with Gasteiger partial charge in [-0.05, 0) is 45.1 Å². The summed E-state index contributed by atoms with van der Waals surface area (Å²) in [7, 11) is 0. The molecule has 0 saturated carbocycles. The fraction of sp³-hybridized carbons (Fsp3) is 0.231. The molecule has 3 rings (SSSR count). The molecular formula is C13H11BrO3S. The molecular weight excluding hydrogens is 316 g/mol. The number of thiophene rings is 1. The van der Waals surface area contributed by atoms with E-state index in [9.17, 15) is 0 Å². The van der Waals surface area contributed by atoms with Crippen LogP contribution in [0.1, 0.15) is 10.4 Å². The third-order valence-electron chi connectivity index (χ3n) is 2.63. The number of fused-ring (bicyclic) bond motifs is 1. The molecule has 0 amide bonds. The first-order chi connectivity index (χ1) is 8.83. The number of rotatable bonds is 4. The van der Waals surface area contributed by atoms with Crippen molar-refractivity contribution in [2.75, 3.05) is 6.79 Å². The molecule has 0 fully saturated rings. The Hall–Kier alpha value is -1.04. The normalized spacial score (nSPS) is 12.9. The van der Waals surface area contributed by atoms with E-state index in [-0.39, 0.29) is 0 Å². The van der Waals surface area contributed by atoms with Crippen molar-refractivity contribution in [2.45, 2.75) is 13.2 Å². The summed E-state index contributed by atoms with van der Waals surface area (Å²) in [6, 6.07) is 7.91. The largest absolute Gasteiger partial charge is 0.454 e. The van der Waals surface area contributed by atoms with Crippen LogP contribution in [0.4, 0.5) is 0 Å². The van der Waals surface area contributed by atoms with Crippen LogP contribution in [0.2, 0.25) is 0 Å². The highest BCUT2D eigenvalue weighted by Crippen LogP contribution is 2.32. The van der Waals surface area contributed by atoms with Crippen molar-refractivity contribution in [3.05, 3.63) is 44.6 Å². The molecule has 0 spiro atoms. The van der Waals surface area contributed by atoms with Crippen LogP contribution >= 0.6 is 27.3 Å². The van der Waals surface area contributed by atoms with Gasteiger partial charge in [0, 0.05) is 9.35 Å². The first kappa shape index (κ1) is 12.0. The van der Waals surface area contributed by atoms with Crippen LogP contribution in [0.25, 0.3) is 0 Å². The van der Waals surface area contributed by atoms with E-state index in [4.69, 9.17) is 14.2 Å². The predicted octanol–water partition coefficient (Wildman–Crippen LogP) is 3.96. The predicted molar refractivity (Wildman–Crippen MR) is 73.1 cm³/mol. The number of hydrogen-bond donors (Lipinski definition) is 0. The average Bonchev–Trinajstić information content (AvgIpc) is 2.98. The zero-order valence-corrected chi connectivity index (χ0v) is 11.9. The first-order valence-electron chi connectivity index (χ1n) is 5.51. The van der Waals surface area contributed by atoms with Gasteiger partial charge < -0.3 is 14.2 Å². The van der Waals surface area contributed by atoms with Crippen LogP contribution in [-0.2, 0) is 18.0 Å². The van der Waals surface area contributed by atoms with Gasteiger partial charge in [0.15, 0.2) is 11.5 Å². The molecule has 94 valence electrons. The molecule has 1 aliphatic rings. The molecule has 1 aromatic carbocycles. The molecule has 0 saturated heterocycles. The summed E-state index contributed by atoms with van der Waals surface area (Å²) < 4.78 is 17.4. The lowest BCUT2D eigenvalue weighted by molar-refractivity contribution is 0.108. The second kappa shape index (κ2) is 5.30. The van der Waals surface area contributed by atoms with Gasteiger partial charge in [-0.3, -0.25) is 0 Å². The Bertz CT molecular complexity index is 553. The van der Waals surface area contributed by atoms with Crippen molar-refractivity contribution in [1.82, 2.24) is 0 Å². The second-order valence-electron chi connectivity index (χ2n) is 3.87. The number of halogens is 1. The number of benzene rings is 1. The van der Waals surface area contributed by atoms with Gasteiger partial charge in [-0.15, -0.1) is 11.3 Å². The standard InChI is InChI=1S/C13H11BrO3S/c14-10-3-4-18-13(10)7-15-6-9-1-2-11-12(5-9)17-8-16-11/h1-5H,6-8H2. The lowest BCUT2D eigenvalue weighted by Crippen LogP contribution is -1.93. The highest BCUT2D eigenvalue weighted by atomic mass is 79.9. The summed E-state index contributed by atoms with van der Waals surface area (Å²) in [4.78, 5) is 1.20. The van der Waals surface area contributed by atoms with Crippen molar-refractivity contribution in [1.29, 1.82) is 0 Å². The maximum absolute atomic E-state index is 5.69. The summed E-state index contributed by atoms with van der Waals surface area (Å²) in [5.74, 6) is 1.60. The van der Waals surface area contributed by atoms with Gasteiger partial charge in [-0.2, -0.15) is 0 Å². The Kier molecular flexibility index (Phi) is 3.54. The summed E-state index contributed by atoms with van der Waals surface area (Å²) in [5, 5.41) is 2.04. The van der Waals surface area contributed by atoms with E-state index < -0.39 is 0 Å². The summed E-state index contributed by atoms with van der Waals surface area (Å²) in [5.41, 5.74) is 1.09. The molecule has 0 unspecified atom stereocenters. The van der Waals surface area contributed by atoms with Gasteiger partial charge in [0.05, 0.1) is 13.2 Å². The van der Waals surface area contributed by atoms with E-state index >= 15 is 0 Å². The lowest BCUT2D eigenvalue weighted by Gasteiger charge is -2.04. The molecule has 0 atom stereocenters. The third-order valence-corrected chi connectivity index (χ3v) is 4.53. The topological polar surface area (TPSA) is 27.7 Å². The van der Waals surface area contributed by atoms with E-state index in [1.165, 1.54) is 4.88 Å². The first-order valence-corrected chi connectivity index (χ1v) is 7.18. The van der Waals surface area contributed by atoms with E-state index in [0.29, 0.717) is 20.0 Å². The SMILES string of the molecule is Brc1ccsc1COCc1ccc2c(c1)OCO2. The second-order valence-corrected chi connectivity index (χ2v) is 5.73. The molecule has 1 aromatic heterocycles. The molecule has 2 aromatic rings. The molecule has 3 nitrogen and oxygen atoms in total. The van der Waals surface area contributed by atoms with Crippen molar-refractivity contribution in [3.8, 4) is 11.5 Å². The Morgan fingerprint density at radius 1 is 1.17 bits per heavy atom. The van der Waals surface area contributed by atoms with E-state index in [2.05, 4.69) is 15.9 Å². The Balaban J connectivity index is 1.59. The maximum atomic E-state index is 5.69. The zero-order valence-electron chi connectivity index (χ0n) is 9.52. The van der Waals surface area contributed by atoms with Gasteiger partial charge in [0.2, 0.25) is 6.79 Å². The maximum Gasteiger partial charge on any atom is 0.231 e. The lowest BCUT2D eigenvalue weighted by atomic mass is 10.2. The molecule has 0 aliphatic carbocycles. The molecule has 0 bridgehead atoms. The minimum Gasteiger partial charge on any atom is -0.454 e. The zero-order chi connectivity index (χ0) is 12.4. The molecule has 5 heteroatoms. The van der Waals surface area contributed by atoms with Crippen LogP contribution in [0.15, 0.2) is 34.1 Å². The smallest absolute Gasteiger partial charge is 0.231 e. The molecule has 0 radical (unpaired) electrons. The molecule has 1 aliphatic heterocycles. The van der Waals surface area contributed by atoms with Gasteiger partial charge >= 0.3 is 0 Å². The summed E-state index contributed by atoms with van der Waals surface area (Å²) in [6.07, 6.45) is 0. The van der Waals surface area contributed by atoms with Gasteiger partial charge in [0.1, 0.15) is 0 Å². The Morgan fingerprint density at radius 2 is 2.06 bits per heavy atom.